The average molecular weight is 309 g/mol. The monoisotopic (exact) mass is 309 g/mol. The lowest BCUT2D eigenvalue weighted by Gasteiger charge is -2.19. The highest BCUT2D eigenvalue weighted by Crippen LogP contribution is 2.26. The second-order valence-electron chi connectivity index (χ2n) is 6.12. The van der Waals surface area contributed by atoms with Crippen LogP contribution in [0.5, 0.6) is 11.5 Å². The van der Waals surface area contributed by atoms with Gasteiger partial charge in [0.15, 0.2) is 0 Å². The molecule has 23 heavy (non-hydrogen) atoms. The van der Waals surface area contributed by atoms with E-state index in [-0.39, 0.29) is 12.4 Å². The molecule has 2 rings (SSSR count). The van der Waals surface area contributed by atoms with Crippen molar-refractivity contribution in [2.75, 3.05) is 0 Å². The second kappa shape index (κ2) is 6.97. The number of rotatable bonds is 4. The molecule has 0 saturated carbocycles. The minimum absolute atomic E-state index is 0.123. The zero-order chi connectivity index (χ0) is 16.9. The molecular weight excluding hydrogens is 290 g/mol. The molecule has 4 heteroatoms. The average Bonchev–Trinajstić information content (AvgIpc) is 2.48. The topological polar surface area (TPSA) is 59.3 Å². The summed E-state index contributed by atoms with van der Waals surface area (Å²) >= 11 is 0. The van der Waals surface area contributed by atoms with Crippen LogP contribution in [0.15, 0.2) is 48.5 Å². The Kier molecular flexibility index (Phi) is 5.02. The van der Waals surface area contributed by atoms with E-state index in [1.54, 1.807) is 18.2 Å². The Bertz CT molecular complexity index is 725. The molecule has 0 amide bonds. The smallest absolute Gasteiger partial charge is 0.310 e. The Balaban J connectivity index is 2.14. The third kappa shape index (κ3) is 5.15. The fourth-order valence-corrected chi connectivity index (χ4v) is 2.02. The third-order valence-electron chi connectivity index (χ3n) is 2.90. The van der Waals surface area contributed by atoms with Gasteiger partial charge >= 0.3 is 5.97 Å². The van der Waals surface area contributed by atoms with Gasteiger partial charge in [0.25, 0.3) is 0 Å². The second-order valence-corrected chi connectivity index (χ2v) is 6.12. The zero-order valence-corrected chi connectivity index (χ0v) is 13.5. The SMILES string of the molecule is CC(C)(C)OC(=O)Cc1ccc(Oc2ccccc2)c(C#N)c1. The molecule has 0 aromatic heterocycles. The number of esters is 1. The first kappa shape index (κ1) is 16.6. The largest absolute Gasteiger partial charge is 0.460 e. The number of hydrogen-bond acceptors (Lipinski definition) is 4. The van der Waals surface area contributed by atoms with E-state index in [9.17, 15) is 10.1 Å². The Labute approximate surface area is 136 Å². The molecule has 0 radical (unpaired) electrons. The Morgan fingerprint density at radius 1 is 1.13 bits per heavy atom. The Morgan fingerprint density at radius 2 is 1.83 bits per heavy atom. The number of carbonyl (C=O) groups is 1. The Morgan fingerprint density at radius 3 is 2.43 bits per heavy atom. The van der Waals surface area contributed by atoms with Gasteiger partial charge < -0.3 is 9.47 Å². The first-order valence-corrected chi connectivity index (χ1v) is 7.35. The number of hydrogen-bond donors (Lipinski definition) is 0. The van der Waals surface area contributed by atoms with Crippen LogP contribution in [-0.2, 0) is 16.0 Å². The molecule has 118 valence electrons. The van der Waals surface area contributed by atoms with Crippen LogP contribution < -0.4 is 4.74 Å². The van der Waals surface area contributed by atoms with Crippen molar-refractivity contribution >= 4 is 5.97 Å². The van der Waals surface area contributed by atoms with Gasteiger partial charge in [-0.25, -0.2) is 0 Å². The number of nitriles is 1. The predicted octanol–water partition coefficient (Wildman–Crippen LogP) is 4.23. The van der Waals surface area contributed by atoms with Crippen molar-refractivity contribution in [2.24, 2.45) is 0 Å². The molecule has 4 nitrogen and oxygen atoms in total. The molecule has 2 aromatic carbocycles. The normalized spacial score (nSPS) is 10.7. The molecule has 0 atom stereocenters. The van der Waals surface area contributed by atoms with Crippen LogP contribution in [0.3, 0.4) is 0 Å². The zero-order valence-electron chi connectivity index (χ0n) is 13.5. The summed E-state index contributed by atoms with van der Waals surface area (Å²) in [5, 5.41) is 9.30. The molecular formula is C19H19NO3. The Hall–Kier alpha value is -2.80. The molecule has 0 spiro atoms. The molecule has 0 N–H and O–H groups in total. The van der Waals surface area contributed by atoms with Gasteiger partial charge in [0.05, 0.1) is 12.0 Å². The molecule has 0 heterocycles. The van der Waals surface area contributed by atoms with Crippen LogP contribution >= 0.6 is 0 Å². The van der Waals surface area contributed by atoms with Crippen molar-refractivity contribution in [3.8, 4) is 17.6 Å². The van der Waals surface area contributed by atoms with E-state index in [0.717, 1.165) is 5.56 Å². The summed E-state index contributed by atoms with van der Waals surface area (Å²) in [6.45, 7) is 5.47. The maximum absolute atomic E-state index is 11.9. The van der Waals surface area contributed by atoms with Crippen molar-refractivity contribution in [1.82, 2.24) is 0 Å². The molecule has 0 fully saturated rings. The first-order valence-electron chi connectivity index (χ1n) is 7.35. The van der Waals surface area contributed by atoms with E-state index in [1.165, 1.54) is 0 Å². The van der Waals surface area contributed by atoms with Crippen molar-refractivity contribution in [3.63, 3.8) is 0 Å². The molecule has 0 aliphatic carbocycles. The number of carbonyl (C=O) groups excluding carboxylic acids is 1. The van der Waals surface area contributed by atoms with E-state index in [0.29, 0.717) is 17.1 Å². The fourth-order valence-electron chi connectivity index (χ4n) is 2.02. The van der Waals surface area contributed by atoms with Crippen LogP contribution in [0, 0.1) is 11.3 Å². The van der Waals surface area contributed by atoms with Gasteiger partial charge in [-0.3, -0.25) is 4.79 Å². The van der Waals surface area contributed by atoms with Crippen molar-refractivity contribution in [1.29, 1.82) is 5.26 Å². The van der Waals surface area contributed by atoms with E-state index >= 15 is 0 Å². The molecule has 0 bridgehead atoms. The fraction of sp³-hybridized carbons (Fsp3) is 0.263. The number of nitrogens with zero attached hydrogens (tertiary/aromatic N) is 1. The maximum atomic E-state index is 11.9. The molecule has 0 saturated heterocycles. The van der Waals surface area contributed by atoms with E-state index in [4.69, 9.17) is 9.47 Å². The first-order chi connectivity index (χ1) is 10.9. The molecule has 0 unspecified atom stereocenters. The van der Waals surface area contributed by atoms with Gasteiger partial charge in [-0.2, -0.15) is 5.26 Å². The highest BCUT2D eigenvalue weighted by Gasteiger charge is 2.17. The van der Waals surface area contributed by atoms with Crippen molar-refractivity contribution < 1.29 is 14.3 Å². The van der Waals surface area contributed by atoms with Gasteiger partial charge in [0, 0.05) is 0 Å². The van der Waals surface area contributed by atoms with Crippen molar-refractivity contribution in [3.05, 3.63) is 59.7 Å². The van der Waals surface area contributed by atoms with Gasteiger partial charge in [-0.1, -0.05) is 24.3 Å². The van der Waals surface area contributed by atoms with Gasteiger partial charge in [0.2, 0.25) is 0 Å². The van der Waals surface area contributed by atoms with Crippen LogP contribution in [0.2, 0.25) is 0 Å². The summed E-state index contributed by atoms with van der Waals surface area (Å²) in [5.74, 6) is 0.800. The van der Waals surface area contributed by atoms with E-state index in [2.05, 4.69) is 6.07 Å². The molecule has 0 aliphatic heterocycles. The highest BCUT2D eigenvalue weighted by atomic mass is 16.6. The maximum Gasteiger partial charge on any atom is 0.310 e. The molecule has 0 aliphatic rings. The highest BCUT2D eigenvalue weighted by molar-refractivity contribution is 5.73. The summed E-state index contributed by atoms with van der Waals surface area (Å²) in [6.07, 6.45) is 0.123. The van der Waals surface area contributed by atoms with Crippen LogP contribution in [0.1, 0.15) is 31.9 Å². The summed E-state index contributed by atoms with van der Waals surface area (Å²) in [5.41, 5.74) is 0.581. The summed E-state index contributed by atoms with van der Waals surface area (Å²) < 4.78 is 11.0. The van der Waals surface area contributed by atoms with Gasteiger partial charge in [-0.15, -0.1) is 0 Å². The number of ether oxygens (including phenoxy) is 2. The van der Waals surface area contributed by atoms with Crippen LogP contribution in [0.4, 0.5) is 0 Å². The summed E-state index contributed by atoms with van der Waals surface area (Å²) in [4.78, 5) is 11.9. The van der Waals surface area contributed by atoms with Crippen LogP contribution in [-0.4, -0.2) is 11.6 Å². The number of benzene rings is 2. The standard InChI is InChI=1S/C19H19NO3/c1-19(2,3)23-18(21)12-14-9-10-17(15(11-14)13-20)22-16-7-5-4-6-8-16/h4-11H,12H2,1-3H3. The van der Waals surface area contributed by atoms with Crippen molar-refractivity contribution in [2.45, 2.75) is 32.8 Å². The minimum Gasteiger partial charge on any atom is -0.460 e. The van der Waals surface area contributed by atoms with Crippen LogP contribution in [0.25, 0.3) is 0 Å². The predicted molar refractivity (Wildman–Crippen MR) is 87.2 cm³/mol. The summed E-state index contributed by atoms with van der Waals surface area (Å²) in [7, 11) is 0. The van der Waals surface area contributed by atoms with E-state index < -0.39 is 5.60 Å². The number of para-hydroxylation sites is 1. The lowest BCUT2D eigenvalue weighted by molar-refractivity contribution is -0.153. The lowest BCUT2D eigenvalue weighted by Crippen LogP contribution is -2.24. The third-order valence-corrected chi connectivity index (χ3v) is 2.90. The lowest BCUT2D eigenvalue weighted by atomic mass is 10.1. The van der Waals surface area contributed by atoms with Gasteiger partial charge in [-0.05, 0) is 50.6 Å². The van der Waals surface area contributed by atoms with E-state index in [1.807, 2.05) is 51.1 Å². The summed E-state index contributed by atoms with van der Waals surface area (Å²) in [6, 6.07) is 16.5. The van der Waals surface area contributed by atoms with Gasteiger partial charge in [0.1, 0.15) is 23.2 Å². The molecule has 2 aromatic rings. The minimum atomic E-state index is -0.522. The quantitative estimate of drug-likeness (QED) is 0.793.